The minimum Gasteiger partial charge on any atom is -0.343 e. The van der Waals surface area contributed by atoms with Gasteiger partial charge in [-0.15, -0.1) is 0 Å². The Hall–Kier alpha value is -1.68. The molecule has 0 bridgehead atoms. The molecule has 0 amide bonds. The zero-order valence-corrected chi connectivity index (χ0v) is 11.1. The molecular weight excluding hydrogens is 226 g/mol. The maximum absolute atomic E-state index is 4.69. The van der Waals surface area contributed by atoms with Gasteiger partial charge in [-0.25, -0.2) is 0 Å². The van der Waals surface area contributed by atoms with Crippen molar-refractivity contribution in [2.45, 2.75) is 39.3 Å². The third-order valence-electron chi connectivity index (χ3n) is 3.08. The van der Waals surface area contributed by atoms with Crippen molar-refractivity contribution < 1.29 is 4.52 Å². The Morgan fingerprint density at radius 1 is 1.11 bits per heavy atom. The van der Waals surface area contributed by atoms with Crippen molar-refractivity contribution in [1.29, 1.82) is 0 Å². The summed E-state index contributed by atoms with van der Waals surface area (Å²) < 4.78 is 4.69. The molecule has 4 heteroatoms. The summed E-state index contributed by atoms with van der Waals surface area (Å²) in [5.41, 5.74) is 2.63. The lowest BCUT2D eigenvalue weighted by molar-refractivity contribution is 0.405. The van der Waals surface area contributed by atoms with E-state index in [0.717, 1.165) is 0 Å². The minimum absolute atomic E-state index is 0.268. The van der Waals surface area contributed by atoms with Gasteiger partial charge in [-0.2, -0.15) is 4.98 Å². The highest BCUT2D eigenvalue weighted by atomic mass is 16.5. The summed E-state index contributed by atoms with van der Waals surface area (Å²) in [4.78, 5) is 3.98. The molecule has 0 aliphatic heterocycles. The first-order valence-electron chi connectivity index (χ1n) is 6.25. The quantitative estimate of drug-likeness (QED) is 0.879. The van der Waals surface area contributed by atoms with E-state index >= 15 is 0 Å². The Labute approximate surface area is 107 Å². The van der Waals surface area contributed by atoms with E-state index in [2.05, 4.69) is 60.5 Å². The average Bonchev–Trinajstić information content (AvgIpc) is 2.89. The summed E-state index contributed by atoms with van der Waals surface area (Å²) in [5.74, 6) is 1.25. The van der Waals surface area contributed by atoms with Crippen LogP contribution in [0.2, 0.25) is 0 Å². The Morgan fingerprint density at radius 2 is 1.78 bits per heavy atom. The van der Waals surface area contributed by atoms with Gasteiger partial charge in [-0.3, -0.25) is 0 Å². The second-order valence-corrected chi connectivity index (χ2v) is 4.77. The van der Waals surface area contributed by atoms with Crippen molar-refractivity contribution in [3.8, 4) is 0 Å². The first-order valence-corrected chi connectivity index (χ1v) is 6.25. The number of hydrogen-bond acceptors (Lipinski definition) is 4. The van der Waals surface area contributed by atoms with Crippen molar-refractivity contribution >= 4 is 0 Å². The molecule has 0 aliphatic rings. The van der Waals surface area contributed by atoms with Crippen molar-refractivity contribution in [2.75, 3.05) is 0 Å². The van der Waals surface area contributed by atoms with Gasteiger partial charge in [0.25, 0.3) is 0 Å². The largest absolute Gasteiger partial charge is 0.343 e. The third-order valence-corrected chi connectivity index (χ3v) is 3.08. The van der Waals surface area contributed by atoms with Crippen molar-refractivity contribution in [3.63, 3.8) is 0 Å². The lowest BCUT2D eigenvalue weighted by Crippen LogP contribution is -2.18. The predicted octanol–water partition coefficient (Wildman–Crippen LogP) is 3.04. The number of rotatable bonds is 5. The summed E-state index contributed by atoms with van der Waals surface area (Å²) >= 11 is 0. The first kappa shape index (κ1) is 12.8. The van der Waals surface area contributed by atoms with E-state index in [-0.39, 0.29) is 6.04 Å². The molecule has 1 aromatic carbocycles. The van der Waals surface area contributed by atoms with Crippen LogP contribution < -0.4 is 5.32 Å². The highest BCUT2D eigenvalue weighted by Crippen LogP contribution is 2.18. The second kappa shape index (κ2) is 5.78. The van der Waals surface area contributed by atoms with E-state index in [9.17, 15) is 0 Å². The van der Waals surface area contributed by atoms with Crippen LogP contribution in [-0.4, -0.2) is 10.1 Å². The molecular formula is C14H19N3O. The molecule has 1 atom stereocenters. The fraction of sp³-hybridized carbons (Fsp3) is 0.429. The molecule has 0 saturated carbocycles. The van der Waals surface area contributed by atoms with Gasteiger partial charge in [0.1, 0.15) is 0 Å². The van der Waals surface area contributed by atoms with Crippen LogP contribution in [0.3, 0.4) is 0 Å². The second-order valence-electron chi connectivity index (χ2n) is 4.77. The van der Waals surface area contributed by atoms with Gasteiger partial charge >= 0.3 is 0 Å². The molecule has 0 spiro atoms. The third kappa shape index (κ3) is 3.17. The van der Waals surface area contributed by atoms with Gasteiger partial charge in [0, 0.05) is 6.04 Å². The molecule has 0 saturated heterocycles. The van der Waals surface area contributed by atoms with Gasteiger partial charge in [-0.05, 0) is 24.0 Å². The van der Waals surface area contributed by atoms with E-state index in [1.54, 1.807) is 0 Å². The van der Waals surface area contributed by atoms with E-state index in [1.807, 2.05) is 0 Å². The van der Waals surface area contributed by atoms with Crippen LogP contribution in [0.25, 0.3) is 0 Å². The van der Waals surface area contributed by atoms with Crippen LogP contribution in [0.5, 0.6) is 0 Å². The van der Waals surface area contributed by atoms with Gasteiger partial charge < -0.3 is 9.84 Å². The molecule has 0 aliphatic carbocycles. The van der Waals surface area contributed by atoms with E-state index in [0.29, 0.717) is 18.3 Å². The monoisotopic (exact) mass is 245 g/mol. The summed E-state index contributed by atoms with van der Waals surface area (Å²) in [6, 6.07) is 8.98. The zero-order chi connectivity index (χ0) is 13.0. The van der Waals surface area contributed by atoms with Gasteiger partial charge in [-0.1, -0.05) is 43.3 Å². The maximum Gasteiger partial charge on any atom is 0.213 e. The van der Waals surface area contributed by atoms with Crippen LogP contribution in [0, 0.1) is 0 Å². The molecule has 0 fully saturated rings. The highest BCUT2D eigenvalue weighted by molar-refractivity contribution is 5.26. The summed E-state index contributed by atoms with van der Waals surface area (Å²) in [6.45, 7) is 7.15. The molecule has 2 aromatic rings. The molecule has 1 unspecified atom stereocenters. The first-order chi connectivity index (χ1) is 8.66. The summed E-state index contributed by atoms with van der Waals surface area (Å²) in [7, 11) is 0. The lowest BCUT2D eigenvalue weighted by atomic mass is 10.00. The van der Waals surface area contributed by atoms with Crippen LogP contribution in [0.4, 0.5) is 0 Å². The normalized spacial score (nSPS) is 12.9. The smallest absolute Gasteiger partial charge is 0.213 e. The Morgan fingerprint density at radius 3 is 2.33 bits per heavy atom. The summed E-state index contributed by atoms with van der Waals surface area (Å²) in [6.07, 6.45) is 1.35. The van der Waals surface area contributed by atoms with Gasteiger partial charge in [0.15, 0.2) is 5.82 Å². The summed E-state index contributed by atoms with van der Waals surface area (Å²) in [5, 5.41) is 7.14. The molecule has 1 heterocycles. The van der Waals surface area contributed by atoms with Crippen LogP contribution in [0.15, 0.2) is 35.2 Å². The lowest BCUT2D eigenvalue weighted by Gasteiger charge is -2.14. The highest BCUT2D eigenvalue weighted by Gasteiger charge is 2.07. The predicted molar refractivity (Wildman–Crippen MR) is 70.1 cm³/mol. The van der Waals surface area contributed by atoms with E-state index in [4.69, 9.17) is 4.52 Å². The molecule has 0 radical (unpaired) electrons. The average molecular weight is 245 g/mol. The maximum atomic E-state index is 4.69. The van der Waals surface area contributed by atoms with E-state index < -0.39 is 0 Å². The molecule has 1 N–H and O–H groups in total. The SMILES string of the molecule is CC(C)c1ccc(C(C)NCc2ncon2)cc1. The van der Waals surface area contributed by atoms with Crippen LogP contribution in [-0.2, 0) is 6.54 Å². The van der Waals surface area contributed by atoms with Crippen LogP contribution in [0.1, 0.15) is 49.7 Å². The number of nitrogens with zero attached hydrogens (tertiary/aromatic N) is 2. The van der Waals surface area contributed by atoms with Crippen molar-refractivity contribution in [1.82, 2.24) is 15.5 Å². The van der Waals surface area contributed by atoms with E-state index in [1.165, 1.54) is 17.5 Å². The van der Waals surface area contributed by atoms with Gasteiger partial charge in [0.05, 0.1) is 6.54 Å². The zero-order valence-electron chi connectivity index (χ0n) is 11.1. The number of benzene rings is 1. The Balaban J connectivity index is 1.94. The van der Waals surface area contributed by atoms with Crippen LogP contribution >= 0.6 is 0 Å². The van der Waals surface area contributed by atoms with Crippen molar-refractivity contribution in [3.05, 3.63) is 47.6 Å². The standard InChI is InChI=1S/C14H19N3O/c1-10(2)12-4-6-13(7-5-12)11(3)15-8-14-16-9-18-17-14/h4-7,9-11,15H,8H2,1-3H3. The Bertz CT molecular complexity index is 462. The Kier molecular flexibility index (Phi) is 4.10. The number of hydrogen-bond donors (Lipinski definition) is 1. The fourth-order valence-electron chi connectivity index (χ4n) is 1.80. The molecule has 2 rings (SSSR count). The molecule has 4 nitrogen and oxygen atoms in total. The minimum atomic E-state index is 0.268. The van der Waals surface area contributed by atoms with Crippen molar-refractivity contribution in [2.24, 2.45) is 0 Å². The number of nitrogens with one attached hydrogen (secondary N) is 1. The van der Waals surface area contributed by atoms with Gasteiger partial charge in [0.2, 0.25) is 6.39 Å². The topological polar surface area (TPSA) is 51.0 Å². The molecule has 18 heavy (non-hydrogen) atoms. The molecule has 96 valence electrons. The fourth-order valence-corrected chi connectivity index (χ4v) is 1.80. The molecule has 1 aromatic heterocycles. The number of aromatic nitrogens is 2.